The van der Waals surface area contributed by atoms with Crippen molar-refractivity contribution in [2.45, 2.75) is 39.0 Å². The van der Waals surface area contributed by atoms with E-state index in [0.717, 1.165) is 43.9 Å². The molecule has 1 saturated heterocycles. The van der Waals surface area contributed by atoms with Gasteiger partial charge in [-0.15, -0.1) is 0 Å². The van der Waals surface area contributed by atoms with Gasteiger partial charge >= 0.3 is 0 Å². The zero-order valence-corrected chi connectivity index (χ0v) is 12.8. The second-order valence-corrected chi connectivity index (χ2v) is 5.90. The largest absolute Gasteiger partial charge is 0.454 e. The number of carbonyl (C=O) groups excluding carboxylic acids is 1. The Morgan fingerprint density at radius 3 is 2.81 bits per heavy atom. The number of fused-ring (bicyclic) bond motifs is 1. The van der Waals surface area contributed by atoms with E-state index >= 15 is 0 Å². The van der Waals surface area contributed by atoms with Crippen molar-refractivity contribution < 1.29 is 14.3 Å². The predicted octanol–water partition coefficient (Wildman–Crippen LogP) is 3.17. The SMILES string of the molecule is CCC(CC)C(=O)N1CCC(c2ccc3c(c2)OCO3)C1. The lowest BCUT2D eigenvalue weighted by Crippen LogP contribution is -2.33. The highest BCUT2D eigenvalue weighted by molar-refractivity contribution is 5.79. The van der Waals surface area contributed by atoms with Crippen LogP contribution in [0.2, 0.25) is 0 Å². The van der Waals surface area contributed by atoms with Gasteiger partial charge in [-0.05, 0) is 37.0 Å². The molecule has 21 heavy (non-hydrogen) atoms. The van der Waals surface area contributed by atoms with E-state index in [1.165, 1.54) is 5.56 Å². The summed E-state index contributed by atoms with van der Waals surface area (Å²) >= 11 is 0. The molecule has 0 bridgehead atoms. The van der Waals surface area contributed by atoms with Crippen LogP contribution in [0.3, 0.4) is 0 Å². The second kappa shape index (κ2) is 5.96. The van der Waals surface area contributed by atoms with Crippen molar-refractivity contribution in [2.24, 2.45) is 5.92 Å². The van der Waals surface area contributed by atoms with Crippen LogP contribution in [0.1, 0.15) is 44.6 Å². The molecule has 2 aliphatic rings. The molecule has 0 N–H and O–H groups in total. The van der Waals surface area contributed by atoms with Gasteiger partial charge in [0.1, 0.15) is 0 Å². The van der Waals surface area contributed by atoms with E-state index in [1.54, 1.807) is 0 Å². The van der Waals surface area contributed by atoms with Crippen molar-refractivity contribution in [2.75, 3.05) is 19.9 Å². The van der Waals surface area contributed by atoms with Gasteiger partial charge in [-0.1, -0.05) is 19.9 Å². The fourth-order valence-corrected chi connectivity index (χ4v) is 3.30. The second-order valence-electron chi connectivity index (χ2n) is 5.90. The minimum atomic E-state index is 0.181. The molecule has 4 heteroatoms. The fraction of sp³-hybridized carbons (Fsp3) is 0.588. The van der Waals surface area contributed by atoms with Crippen molar-refractivity contribution in [1.82, 2.24) is 4.90 Å². The van der Waals surface area contributed by atoms with E-state index in [2.05, 4.69) is 26.0 Å². The maximum atomic E-state index is 12.5. The first-order valence-electron chi connectivity index (χ1n) is 7.91. The molecule has 1 aromatic carbocycles. The summed E-state index contributed by atoms with van der Waals surface area (Å²) in [5.74, 6) is 2.57. The topological polar surface area (TPSA) is 38.8 Å². The minimum absolute atomic E-state index is 0.181. The van der Waals surface area contributed by atoms with Crippen LogP contribution >= 0.6 is 0 Å². The zero-order chi connectivity index (χ0) is 14.8. The van der Waals surface area contributed by atoms with Crippen molar-refractivity contribution in [3.8, 4) is 11.5 Å². The van der Waals surface area contributed by atoms with Gasteiger partial charge in [-0.25, -0.2) is 0 Å². The predicted molar refractivity (Wildman–Crippen MR) is 80.6 cm³/mol. The number of nitrogens with zero attached hydrogens (tertiary/aromatic N) is 1. The molecular weight excluding hydrogens is 266 g/mol. The number of benzene rings is 1. The van der Waals surface area contributed by atoms with Crippen LogP contribution in [-0.4, -0.2) is 30.7 Å². The Morgan fingerprint density at radius 1 is 1.29 bits per heavy atom. The van der Waals surface area contributed by atoms with Crippen LogP contribution in [-0.2, 0) is 4.79 Å². The van der Waals surface area contributed by atoms with Crippen molar-refractivity contribution in [3.63, 3.8) is 0 Å². The Balaban J connectivity index is 1.68. The molecule has 0 spiro atoms. The molecule has 0 saturated carbocycles. The fourth-order valence-electron chi connectivity index (χ4n) is 3.30. The number of amides is 1. The van der Waals surface area contributed by atoms with Gasteiger partial charge in [0, 0.05) is 24.9 Å². The summed E-state index contributed by atoms with van der Waals surface area (Å²) in [6, 6.07) is 6.14. The van der Waals surface area contributed by atoms with Gasteiger partial charge in [0.2, 0.25) is 12.7 Å². The molecule has 2 heterocycles. The summed E-state index contributed by atoms with van der Waals surface area (Å²) in [5.41, 5.74) is 1.25. The molecule has 4 nitrogen and oxygen atoms in total. The summed E-state index contributed by atoms with van der Waals surface area (Å²) < 4.78 is 10.8. The lowest BCUT2D eigenvalue weighted by molar-refractivity contribution is -0.134. The third-order valence-corrected chi connectivity index (χ3v) is 4.70. The average Bonchev–Trinajstić information content (AvgIpc) is 3.16. The first-order chi connectivity index (χ1) is 10.2. The van der Waals surface area contributed by atoms with E-state index in [0.29, 0.717) is 18.6 Å². The standard InChI is InChI=1S/C17H23NO3/c1-3-12(4-2)17(19)18-8-7-14(10-18)13-5-6-15-16(9-13)21-11-20-15/h5-6,9,12,14H,3-4,7-8,10-11H2,1-2H3. The van der Waals surface area contributed by atoms with Gasteiger partial charge in [-0.2, -0.15) is 0 Å². The normalized spacial score (nSPS) is 20.3. The Kier molecular flexibility index (Phi) is 4.04. The number of likely N-dealkylation sites (tertiary alicyclic amines) is 1. The van der Waals surface area contributed by atoms with Gasteiger partial charge in [0.15, 0.2) is 11.5 Å². The van der Waals surface area contributed by atoms with Crippen molar-refractivity contribution in [3.05, 3.63) is 23.8 Å². The molecule has 0 aliphatic carbocycles. The molecule has 0 aromatic heterocycles. The average molecular weight is 289 g/mol. The molecular formula is C17H23NO3. The van der Waals surface area contributed by atoms with Crippen LogP contribution in [0.15, 0.2) is 18.2 Å². The van der Waals surface area contributed by atoms with E-state index in [-0.39, 0.29) is 5.92 Å². The monoisotopic (exact) mass is 289 g/mol. The van der Waals surface area contributed by atoms with Crippen molar-refractivity contribution >= 4 is 5.91 Å². The number of rotatable bonds is 4. The lowest BCUT2D eigenvalue weighted by atomic mass is 9.98. The van der Waals surface area contributed by atoms with E-state index in [9.17, 15) is 4.79 Å². The summed E-state index contributed by atoms with van der Waals surface area (Å²) in [5, 5.41) is 0. The highest BCUT2D eigenvalue weighted by Gasteiger charge is 2.30. The first-order valence-corrected chi connectivity index (χ1v) is 7.91. The maximum Gasteiger partial charge on any atom is 0.231 e. The molecule has 114 valence electrons. The Labute approximate surface area is 126 Å². The van der Waals surface area contributed by atoms with Crippen LogP contribution in [0.5, 0.6) is 11.5 Å². The summed E-state index contributed by atoms with van der Waals surface area (Å²) in [6.45, 7) is 6.20. The van der Waals surface area contributed by atoms with Crippen LogP contribution in [0, 0.1) is 5.92 Å². The van der Waals surface area contributed by atoms with Gasteiger partial charge in [0.25, 0.3) is 0 Å². The maximum absolute atomic E-state index is 12.5. The number of carbonyl (C=O) groups is 1. The summed E-state index contributed by atoms with van der Waals surface area (Å²) in [7, 11) is 0. The lowest BCUT2D eigenvalue weighted by Gasteiger charge is -2.22. The van der Waals surface area contributed by atoms with Crippen LogP contribution in [0.4, 0.5) is 0 Å². The van der Waals surface area contributed by atoms with Crippen molar-refractivity contribution in [1.29, 1.82) is 0 Å². The Hall–Kier alpha value is -1.71. The zero-order valence-electron chi connectivity index (χ0n) is 12.8. The van der Waals surface area contributed by atoms with Gasteiger partial charge < -0.3 is 14.4 Å². The molecule has 1 fully saturated rings. The minimum Gasteiger partial charge on any atom is -0.454 e. The summed E-state index contributed by atoms with van der Waals surface area (Å²) in [6.07, 6.45) is 2.90. The van der Waals surface area contributed by atoms with Crippen LogP contribution in [0.25, 0.3) is 0 Å². The van der Waals surface area contributed by atoms with E-state index in [1.807, 2.05) is 11.0 Å². The number of hydrogen-bond donors (Lipinski definition) is 0. The van der Waals surface area contributed by atoms with Crippen LogP contribution < -0.4 is 9.47 Å². The quantitative estimate of drug-likeness (QED) is 0.854. The highest BCUT2D eigenvalue weighted by atomic mass is 16.7. The van der Waals surface area contributed by atoms with E-state index < -0.39 is 0 Å². The van der Waals surface area contributed by atoms with Gasteiger partial charge in [-0.3, -0.25) is 4.79 Å². The third-order valence-electron chi connectivity index (χ3n) is 4.70. The Morgan fingerprint density at radius 2 is 2.05 bits per heavy atom. The number of ether oxygens (including phenoxy) is 2. The first kappa shape index (κ1) is 14.2. The molecule has 1 unspecified atom stereocenters. The smallest absolute Gasteiger partial charge is 0.231 e. The molecule has 1 aromatic rings. The van der Waals surface area contributed by atoms with Gasteiger partial charge in [0.05, 0.1) is 0 Å². The molecule has 1 atom stereocenters. The van der Waals surface area contributed by atoms with E-state index in [4.69, 9.17) is 9.47 Å². The molecule has 3 rings (SSSR count). The molecule has 1 amide bonds. The summed E-state index contributed by atoms with van der Waals surface area (Å²) in [4.78, 5) is 14.5. The number of hydrogen-bond acceptors (Lipinski definition) is 3. The Bertz CT molecular complexity index is 525. The molecule has 2 aliphatic heterocycles. The molecule has 0 radical (unpaired) electrons. The third kappa shape index (κ3) is 2.71. The highest BCUT2D eigenvalue weighted by Crippen LogP contribution is 2.37.